The highest BCUT2D eigenvalue weighted by atomic mass is 19.1. The Labute approximate surface area is 204 Å². The maximum absolute atomic E-state index is 14.9. The number of hydrogen-bond acceptors (Lipinski definition) is 6. The van der Waals surface area contributed by atoms with Gasteiger partial charge in [0.05, 0.1) is 12.3 Å². The number of benzene rings is 2. The number of ether oxygens (including phenoxy) is 1. The number of carbonyl (C=O) groups excluding carboxylic acids is 1. The lowest BCUT2D eigenvalue weighted by Crippen LogP contribution is -2.29. The van der Waals surface area contributed by atoms with E-state index in [1.165, 1.54) is 25.3 Å². The molecule has 1 fully saturated rings. The lowest BCUT2D eigenvalue weighted by atomic mass is 10.1. The third kappa shape index (κ3) is 5.77. The first-order chi connectivity index (χ1) is 17.2. The van der Waals surface area contributed by atoms with E-state index in [1.807, 2.05) is 6.07 Å². The van der Waals surface area contributed by atoms with E-state index >= 15 is 0 Å². The number of rotatable bonds is 1. The van der Waals surface area contributed by atoms with E-state index in [9.17, 15) is 9.18 Å². The molecular weight excluding hydrogens is 445 g/mol. The van der Waals surface area contributed by atoms with E-state index in [0.29, 0.717) is 37.0 Å². The Bertz CT molecular complexity index is 1200. The normalized spacial score (nSPS) is 17.1. The van der Waals surface area contributed by atoms with E-state index < -0.39 is 5.82 Å². The highest BCUT2D eigenvalue weighted by Gasteiger charge is 2.15. The molecular formula is C27H30FN5O2. The Morgan fingerprint density at radius 3 is 2.71 bits per heavy atom. The molecule has 0 aliphatic carbocycles. The maximum atomic E-state index is 14.9. The van der Waals surface area contributed by atoms with Gasteiger partial charge in [-0.15, -0.1) is 0 Å². The molecule has 2 N–H and O–H groups in total. The van der Waals surface area contributed by atoms with Crippen LogP contribution in [0, 0.1) is 5.82 Å². The van der Waals surface area contributed by atoms with Gasteiger partial charge in [-0.25, -0.2) is 14.4 Å². The highest BCUT2D eigenvalue weighted by molar-refractivity contribution is 5.94. The summed E-state index contributed by atoms with van der Waals surface area (Å²) >= 11 is 0. The molecule has 182 valence electrons. The summed E-state index contributed by atoms with van der Waals surface area (Å²) in [5, 5.41) is 6.16. The summed E-state index contributed by atoms with van der Waals surface area (Å²) in [4.78, 5) is 23.7. The van der Waals surface area contributed by atoms with Gasteiger partial charge in [0, 0.05) is 54.9 Å². The topological polar surface area (TPSA) is 79.4 Å². The van der Waals surface area contributed by atoms with Crippen LogP contribution in [0.4, 0.5) is 21.7 Å². The number of anilines is 3. The standard InChI is InChI=1S/C27H30FN5O2/c28-24-16-20-6-7-23(24)25-8-10-30-27(32-25)31-21-14-19(18-35-13-5-2-9-29-26(20)34)15-22(17-21)33-11-3-1-4-12-33/h6-8,10,14-17H,1-5,9,11-13,18H2,(H,29,34)(H,30,31,32). The van der Waals surface area contributed by atoms with Crippen LogP contribution < -0.4 is 15.5 Å². The summed E-state index contributed by atoms with van der Waals surface area (Å²) in [5.41, 5.74) is 4.14. The number of carbonyl (C=O) groups is 1. The molecule has 4 heterocycles. The van der Waals surface area contributed by atoms with E-state index in [1.54, 1.807) is 24.4 Å². The molecule has 35 heavy (non-hydrogen) atoms. The molecule has 1 amide bonds. The van der Waals surface area contributed by atoms with Crippen molar-refractivity contribution >= 4 is 23.2 Å². The molecule has 6 bridgehead atoms. The molecule has 0 unspecified atom stereocenters. The Kier molecular flexibility index (Phi) is 7.18. The number of halogens is 1. The molecule has 3 aliphatic rings. The van der Waals surface area contributed by atoms with Crippen molar-refractivity contribution in [3.05, 3.63) is 65.6 Å². The molecule has 0 radical (unpaired) electrons. The average molecular weight is 476 g/mol. The van der Waals surface area contributed by atoms with Crippen molar-refractivity contribution in [2.45, 2.75) is 38.7 Å². The number of nitrogens with zero attached hydrogens (tertiary/aromatic N) is 3. The number of hydrogen-bond donors (Lipinski definition) is 2. The Morgan fingerprint density at radius 1 is 0.971 bits per heavy atom. The van der Waals surface area contributed by atoms with Gasteiger partial charge in [-0.2, -0.15) is 0 Å². The van der Waals surface area contributed by atoms with Gasteiger partial charge < -0.3 is 20.3 Å². The molecule has 2 aromatic carbocycles. The van der Waals surface area contributed by atoms with Crippen LogP contribution in [-0.2, 0) is 11.3 Å². The van der Waals surface area contributed by atoms with Crippen LogP contribution >= 0.6 is 0 Å². The van der Waals surface area contributed by atoms with Crippen LogP contribution in [0.25, 0.3) is 11.3 Å². The SMILES string of the molecule is O=C1NCCCCOCc2cc(cc(N3CCCCC3)c2)Nc2nccc(n2)-c2ccc1cc2F. The molecule has 6 rings (SSSR count). The lowest BCUT2D eigenvalue weighted by molar-refractivity contribution is 0.0945. The zero-order valence-corrected chi connectivity index (χ0v) is 19.7. The van der Waals surface area contributed by atoms with Crippen LogP contribution in [0.1, 0.15) is 48.0 Å². The van der Waals surface area contributed by atoms with Crippen molar-refractivity contribution in [2.24, 2.45) is 0 Å². The first-order valence-electron chi connectivity index (χ1n) is 12.3. The van der Waals surface area contributed by atoms with Crippen molar-refractivity contribution < 1.29 is 13.9 Å². The van der Waals surface area contributed by atoms with Crippen molar-refractivity contribution in [2.75, 3.05) is 36.5 Å². The molecule has 7 nitrogen and oxygen atoms in total. The molecule has 0 saturated carbocycles. The van der Waals surface area contributed by atoms with Gasteiger partial charge in [-0.05, 0) is 80.1 Å². The summed E-state index contributed by atoms with van der Waals surface area (Å²) < 4.78 is 20.9. The van der Waals surface area contributed by atoms with Crippen molar-refractivity contribution in [1.82, 2.24) is 15.3 Å². The smallest absolute Gasteiger partial charge is 0.251 e. The number of fused-ring (bicyclic) bond motifs is 9. The second-order valence-electron chi connectivity index (χ2n) is 9.04. The fraction of sp³-hybridized carbons (Fsp3) is 0.370. The minimum atomic E-state index is -0.497. The molecule has 3 aliphatic heterocycles. The third-order valence-corrected chi connectivity index (χ3v) is 6.39. The minimum absolute atomic E-state index is 0.286. The summed E-state index contributed by atoms with van der Waals surface area (Å²) in [6.07, 6.45) is 6.86. The van der Waals surface area contributed by atoms with Crippen LogP contribution in [0.15, 0.2) is 48.7 Å². The monoisotopic (exact) mass is 475 g/mol. The second kappa shape index (κ2) is 10.8. The quantitative estimate of drug-likeness (QED) is 0.512. The zero-order valence-electron chi connectivity index (χ0n) is 19.7. The summed E-state index contributed by atoms with van der Waals surface area (Å²) in [7, 11) is 0. The van der Waals surface area contributed by atoms with Gasteiger partial charge in [0.2, 0.25) is 5.95 Å². The van der Waals surface area contributed by atoms with Gasteiger partial charge in [-0.1, -0.05) is 0 Å². The maximum Gasteiger partial charge on any atom is 0.251 e. The first-order valence-corrected chi connectivity index (χ1v) is 12.3. The van der Waals surface area contributed by atoms with E-state index in [-0.39, 0.29) is 11.5 Å². The number of aromatic nitrogens is 2. The molecule has 1 saturated heterocycles. The van der Waals surface area contributed by atoms with Crippen LogP contribution in [0.2, 0.25) is 0 Å². The van der Waals surface area contributed by atoms with Crippen LogP contribution in [0.5, 0.6) is 0 Å². The zero-order chi connectivity index (χ0) is 24.0. The Hall–Kier alpha value is -3.52. The van der Waals surface area contributed by atoms with Crippen molar-refractivity contribution in [3.63, 3.8) is 0 Å². The first kappa shape index (κ1) is 23.2. The summed E-state index contributed by atoms with van der Waals surface area (Å²) in [6, 6.07) is 12.5. The summed E-state index contributed by atoms with van der Waals surface area (Å²) in [5.74, 6) is -0.409. The Morgan fingerprint density at radius 2 is 1.86 bits per heavy atom. The predicted octanol–water partition coefficient (Wildman–Crippen LogP) is 5.06. The van der Waals surface area contributed by atoms with Gasteiger partial charge in [0.1, 0.15) is 5.82 Å². The van der Waals surface area contributed by atoms with Gasteiger partial charge >= 0.3 is 0 Å². The predicted molar refractivity (Wildman–Crippen MR) is 134 cm³/mol. The molecule has 0 spiro atoms. The van der Waals surface area contributed by atoms with Crippen molar-refractivity contribution in [1.29, 1.82) is 0 Å². The average Bonchev–Trinajstić information content (AvgIpc) is 2.88. The van der Waals surface area contributed by atoms with Gasteiger partial charge in [-0.3, -0.25) is 4.79 Å². The Balaban J connectivity index is 1.49. The molecule has 8 heteroatoms. The third-order valence-electron chi connectivity index (χ3n) is 6.39. The molecule has 0 atom stereocenters. The van der Waals surface area contributed by atoms with Gasteiger partial charge in [0.15, 0.2) is 0 Å². The molecule has 1 aromatic heterocycles. The van der Waals surface area contributed by atoms with Crippen LogP contribution in [-0.4, -0.2) is 42.1 Å². The number of amides is 1. The number of piperidine rings is 1. The van der Waals surface area contributed by atoms with E-state index in [0.717, 1.165) is 42.9 Å². The highest BCUT2D eigenvalue weighted by Crippen LogP contribution is 2.28. The number of nitrogens with one attached hydrogen (secondary N) is 2. The summed E-state index contributed by atoms with van der Waals surface area (Å²) in [6.45, 7) is 3.69. The largest absolute Gasteiger partial charge is 0.377 e. The minimum Gasteiger partial charge on any atom is -0.377 e. The second-order valence-corrected chi connectivity index (χ2v) is 9.04. The van der Waals surface area contributed by atoms with Crippen molar-refractivity contribution in [3.8, 4) is 11.3 Å². The molecule has 3 aromatic rings. The van der Waals surface area contributed by atoms with Gasteiger partial charge in [0.25, 0.3) is 5.91 Å². The lowest BCUT2D eigenvalue weighted by Gasteiger charge is -2.29. The fourth-order valence-electron chi connectivity index (χ4n) is 4.55. The van der Waals surface area contributed by atoms with E-state index in [2.05, 4.69) is 37.6 Å². The fourth-order valence-corrected chi connectivity index (χ4v) is 4.55. The van der Waals surface area contributed by atoms with Crippen LogP contribution in [0.3, 0.4) is 0 Å². The van der Waals surface area contributed by atoms with E-state index in [4.69, 9.17) is 4.74 Å².